The number of unbranched alkanes of at least 4 members (excludes halogenated alkanes) is 1. The fourth-order valence-corrected chi connectivity index (χ4v) is 2.28. The molecule has 0 saturated heterocycles. The molecule has 0 aromatic heterocycles. The third kappa shape index (κ3) is 6.14. The van der Waals surface area contributed by atoms with E-state index in [9.17, 15) is 14.7 Å². The molecule has 0 aliphatic rings. The molecule has 0 heterocycles. The van der Waals surface area contributed by atoms with Crippen molar-refractivity contribution in [2.24, 2.45) is 5.10 Å². The molecule has 0 aliphatic heterocycles. The van der Waals surface area contributed by atoms with Gasteiger partial charge in [-0.2, -0.15) is 5.10 Å². The Morgan fingerprint density at radius 2 is 1.93 bits per heavy atom. The van der Waals surface area contributed by atoms with Crippen molar-refractivity contribution in [2.75, 3.05) is 12.4 Å². The number of carbonyl (C=O) groups excluding carboxylic acids is 2. The van der Waals surface area contributed by atoms with Crippen LogP contribution in [0.2, 0.25) is 0 Å². The van der Waals surface area contributed by atoms with Gasteiger partial charge in [-0.25, -0.2) is 5.43 Å². The average molecular weight is 369 g/mol. The second-order valence-corrected chi connectivity index (χ2v) is 5.86. The molecule has 3 N–H and O–H groups in total. The van der Waals surface area contributed by atoms with Crippen LogP contribution >= 0.6 is 0 Å². The first kappa shape index (κ1) is 20.0. The van der Waals surface area contributed by atoms with E-state index in [4.69, 9.17) is 4.74 Å². The molecule has 2 aromatic carbocycles. The maximum absolute atomic E-state index is 12.1. The summed E-state index contributed by atoms with van der Waals surface area (Å²) < 4.78 is 4.96. The third-order valence-electron chi connectivity index (χ3n) is 3.77. The molecule has 0 fully saturated rings. The highest BCUT2D eigenvalue weighted by Crippen LogP contribution is 2.25. The molecule has 2 aromatic rings. The van der Waals surface area contributed by atoms with E-state index in [2.05, 4.69) is 15.8 Å². The Morgan fingerprint density at radius 3 is 2.56 bits per heavy atom. The van der Waals surface area contributed by atoms with Crippen molar-refractivity contribution in [1.82, 2.24) is 5.43 Å². The van der Waals surface area contributed by atoms with Gasteiger partial charge in [0, 0.05) is 17.7 Å². The summed E-state index contributed by atoms with van der Waals surface area (Å²) in [5, 5.41) is 16.4. The Balaban J connectivity index is 1.90. The summed E-state index contributed by atoms with van der Waals surface area (Å²) in [5.74, 6) is -0.0725. The van der Waals surface area contributed by atoms with Gasteiger partial charge in [0.2, 0.25) is 5.91 Å². The van der Waals surface area contributed by atoms with Crippen LogP contribution in [0.5, 0.6) is 11.5 Å². The molecular formula is C20H23N3O4. The summed E-state index contributed by atoms with van der Waals surface area (Å²) in [4.78, 5) is 23.8. The van der Waals surface area contributed by atoms with Crippen LogP contribution in [0, 0.1) is 0 Å². The molecular weight excluding hydrogens is 346 g/mol. The quantitative estimate of drug-likeness (QED) is 0.491. The molecule has 7 heteroatoms. The lowest BCUT2D eigenvalue weighted by Crippen LogP contribution is -2.17. The minimum Gasteiger partial charge on any atom is -0.504 e. The smallest absolute Gasteiger partial charge is 0.271 e. The monoisotopic (exact) mass is 369 g/mol. The molecule has 0 aliphatic carbocycles. The largest absolute Gasteiger partial charge is 0.504 e. The van der Waals surface area contributed by atoms with Crippen molar-refractivity contribution in [1.29, 1.82) is 0 Å². The van der Waals surface area contributed by atoms with Crippen molar-refractivity contribution >= 4 is 23.7 Å². The Labute approximate surface area is 158 Å². The molecule has 0 unspecified atom stereocenters. The van der Waals surface area contributed by atoms with Crippen LogP contribution in [0.15, 0.2) is 47.6 Å². The van der Waals surface area contributed by atoms with Crippen LogP contribution < -0.4 is 15.5 Å². The van der Waals surface area contributed by atoms with Gasteiger partial charge in [0.25, 0.3) is 5.91 Å². The zero-order chi connectivity index (χ0) is 19.6. The van der Waals surface area contributed by atoms with E-state index in [-0.39, 0.29) is 17.6 Å². The fraction of sp³-hybridized carbons (Fsp3) is 0.250. The SMILES string of the molecule is CCCCC(=O)Nc1ccc(C(=O)N/N=C/c2ccc(OC)c(O)c2)cc1. The van der Waals surface area contributed by atoms with Crippen molar-refractivity contribution in [3.63, 3.8) is 0 Å². The van der Waals surface area contributed by atoms with E-state index in [1.165, 1.54) is 19.4 Å². The van der Waals surface area contributed by atoms with E-state index in [0.717, 1.165) is 12.8 Å². The minimum absolute atomic E-state index is 0.00986. The Hall–Kier alpha value is -3.35. The number of hydrazone groups is 1. The van der Waals surface area contributed by atoms with Crippen LogP contribution in [0.3, 0.4) is 0 Å². The number of phenols is 1. The highest BCUT2D eigenvalue weighted by Gasteiger charge is 2.06. The molecule has 27 heavy (non-hydrogen) atoms. The number of methoxy groups -OCH3 is 1. The zero-order valence-electron chi connectivity index (χ0n) is 15.4. The standard InChI is InChI=1S/C20H23N3O4/c1-3-4-5-19(25)22-16-9-7-15(8-10-16)20(26)23-21-13-14-6-11-18(27-2)17(24)12-14/h6-13,24H,3-5H2,1-2H3,(H,22,25)(H,23,26)/b21-13+. The van der Waals surface area contributed by atoms with Crippen molar-refractivity contribution < 1.29 is 19.4 Å². The number of benzene rings is 2. The molecule has 2 rings (SSSR count). The molecule has 0 saturated carbocycles. The number of nitrogens with one attached hydrogen (secondary N) is 2. The lowest BCUT2D eigenvalue weighted by atomic mass is 10.2. The average Bonchev–Trinajstić information content (AvgIpc) is 2.67. The Bertz CT molecular complexity index is 816. The fourth-order valence-electron chi connectivity index (χ4n) is 2.28. The topological polar surface area (TPSA) is 100 Å². The number of ether oxygens (including phenoxy) is 1. The Morgan fingerprint density at radius 1 is 1.19 bits per heavy atom. The van der Waals surface area contributed by atoms with E-state index < -0.39 is 0 Å². The summed E-state index contributed by atoms with van der Waals surface area (Å²) in [7, 11) is 1.46. The van der Waals surface area contributed by atoms with Crippen LogP contribution in [0.1, 0.15) is 42.1 Å². The minimum atomic E-state index is -0.382. The molecule has 7 nitrogen and oxygen atoms in total. The number of amides is 2. The van der Waals surface area contributed by atoms with E-state index in [1.54, 1.807) is 36.4 Å². The predicted molar refractivity (Wildman–Crippen MR) is 104 cm³/mol. The molecule has 0 spiro atoms. The van der Waals surface area contributed by atoms with Gasteiger partial charge in [-0.15, -0.1) is 0 Å². The molecule has 0 atom stereocenters. The number of rotatable bonds is 8. The van der Waals surface area contributed by atoms with Crippen LogP contribution in [-0.4, -0.2) is 30.2 Å². The highest BCUT2D eigenvalue weighted by atomic mass is 16.5. The van der Waals surface area contributed by atoms with Crippen molar-refractivity contribution in [3.05, 3.63) is 53.6 Å². The number of phenolic OH excluding ortho intramolecular Hbond substituents is 1. The highest BCUT2D eigenvalue weighted by molar-refractivity contribution is 5.96. The number of hydrogen-bond donors (Lipinski definition) is 3. The van der Waals surface area contributed by atoms with Gasteiger partial charge in [0.1, 0.15) is 0 Å². The number of anilines is 1. The Kier molecular flexibility index (Phi) is 7.37. The maximum atomic E-state index is 12.1. The van der Waals surface area contributed by atoms with Gasteiger partial charge in [0.15, 0.2) is 11.5 Å². The number of carbonyl (C=O) groups is 2. The molecule has 0 radical (unpaired) electrons. The second-order valence-electron chi connectivity index (χ2n) is 5.86. The van der Waals surface area contributed by atoms with Crippen molar-refractivity contribution in [2.45, 2.75) is 26.2 Å². The second kappa shape index (κ2) is 9.96. The summed E-state index contributed by atoms with van der Waals surface area (Å²) in [6.45, 7) is 2.03. The summed E-state index contributed by atoms with van der Waals surface area (Å²) in [6, 6.07) is 11.3. The van der Waals surface area contributed by atoms with Gasteiger partial charge < -0.3 is 15.2 Å². The first-order chi connectivity index (χ1) is 13.0. The molecule has 0 bridgehead atoms. The first-order valence-corrected chi connectivity index (χ1v) is 8.63. The normalized spacial score (nSPS) is 10.6. The number of hydrogen-bond acceptors (Lipinski definition) is 5. The lowest BCUT2D eigenvalue weighted by Gasteiger charge is -2.06. The number of nitrogens with zero attached hydrogens (tertiary/aromatic N) is 1. The number of aromatic hydroxyl groups is 1. The summed E-state index contributed by atoms with van der Waals surface area (Å²) in [5.41, 5.74) is 4.08. The van der Waals surface area contributed by atoms with Crippen LogP contribution in [0.25, 0.3) is 0 Å². The van der Waals surface area contributed by atoms with Crippen LogP contribution in [-0.2, 0) is 4.79 Å². The predicted octanol–water partition coefficient (Wildman–Crippen LogP) is 3.29. The van der Waals surface area contributed by atoms with Crippen LogP contribution in [0.4, 0.5) is 5.69 Å². The maximum Gasteiger partial charge on any atom is 0.271 e. The van der Waals surface area contributed by atoms with Gasteiger partial charge in [-0.3, -0.25) is 9.59 Å². The third-order valence-corrected chi connectivity index (χ3v) is 3.77. The summed E-state index contributed by atoms with van der Waals surface area (Å²) >= 11 is 0. The molecule has 142 valence electrons. The van der Waals surface area contributed by atoms with E-state index in [0.29, 0.717) is 29.0 Å². The van der Waals surface area contributed by atoms with Gasteiger partial charge in [0.05, 0.1) is 13.3 Å². The van der Waals surface area contributed by atoms with E-state index >= 15 is 0 Å². The van der Waals surface area contributed by atoms with Crippen molar-refractivity contribution in [3.8, 4) is 11.5 Å². The molecule has 2 amide bonds. The van der Waals surface area contributed by atoms with E-state index in [1.807, 2.05) is 6.92 Å². The van der Waals surface area contributed by atoms with Gasteiger partial charge in [-0.1, -0.05) is 13.3 Å². The van der Waals surface area contributed by atoms with Gasteiger partial charge >= 0.3 is 0 Å². The first-order valence-electron chi connectivity index (χ1n) is 8.63. The zero-order valence-corrected chi connectivity index (χ0v) is 15.4. The van der Waals surface area contributed by atoms with Gasteiger partial charge in [-0.05, 0) is 54.4 Å². The summed E-state index contributed by atoms with van der Waals surface area (Å²) in [6.07, 6.45) is 3.70. The lowest BCUT2D eigenvalue weighted by molar-refractivity contribution is -0.116.